The first-order valence-corrected chi connectivity index (χ1v) is 7.85. The molecule has 0 spiro atoms. The van der Waals surface area contributed by atoms with Gasteiger partial charge in [-0.3, -0.25) is 0 Å². The maximum Gasteiger partial charge on any atom is 0.408 e. The van der Waals surface area contributed by atoms with Crippen LogP contribution in [0.5, 0.6) is 0 Å². The Morgan fingerprint density at radius 3 is 2.76 bits per heavy atom. The van der Waals surface area contributed by atoms with E-state index in [0.717, 1.165) is 0 Å². The summed E-state index contributed by atoms with van der Waals surface area (Å²) in [7, 11) is 0. The average Bonchev–Trinajstić information content (AvgIpc) is 2.48. The first-order chi connectivity index (χ1) is 11.6. The Hall–Kier alpha value is -2.91. The summed E-state index contributed by atoms with van der Waals surface area (Å²) >= 11 is 0. The molecule has 0 saturated heterocycles. The highest BCUT2D eigenvalue weighted by Crippen LogP contribution is 2.40. The number of rotatable bonds is 2. The van der Waals surface area contributed by atoms with Crippen LogP contribution >= 0.6 is 0 Å². The molecule has 1 N–H and O–H groups in total. The number of hydrogen-bond acceptors (Lipinski definition) is 5. The Bertz CT molecular complexity index is 771. The van der Waals surface area contributed by atoms with Gasteiger partial charge in [0.2, 0.25) is 0 Å². The van der Waals surface area contributed by atoms with Crippen LogP contribution in [0.1, 0.15) is 41.0 Å². The van der Waals surface area contributed by atoms with Gasteiger partial charge in [0, 0.05) is 28.2 Å². The maximum absolute atomic E-state index is 12.2. The van der Waals surface area contributed by atoms with Crippen LogP contribution in [0.4, 0.5) is 4.79 Å². The average molecular weight is 343 g/mol. The number of ether oxygens (including phenoxy) is 2. The minimum absolute atomic E-state index is 0.277. The fourth-order valence-corrected chi connectivity index (χ4v) is 2.68. The molecule has 0 aromatic carbocycles. The van der Waals surface area contributed by atoms with Gasteiger partial charge in [-0.1, -0.05) is 5.11 Å². The largest absolute Gasteiger partial charge is 0.485 e. The lowest BCUT2D eigenvalue weighted by Gasteiger charge is -2.42. The summed E-state index contributed by atoms with van der Waals surface area (Å²) < 4.78 is 11.3. The fourth-order valence-electron chi connectivity index (χ4n) is 2.68. The molecule has 0 radical (unpaired) electrons. The third kappa shape index (κ3) is 4.14. The highest BCUT2D eigenvalue weighted by atomic mass is 16.6. The van der Waals surface area contributed by atoms with Gasteiger partial charge < -0.3 is 14.8 Å². The third-order valence-corrected chi connectivity index (χ3v) is 3.71. The molecule has 0 saturated carbocycles. The van der Waals surface area contributed by atoms with E-state index in [9.17, 15) is 4.79 Å². The second-order valence-electron chi connectivity index (χ2n) is 7.35. The van der Waals surface area contributed by atoms with Crippen LogP contribution in [-0.2, 0) is 9.47 Å². The number of fused-ring (bicyclic) bond motifs is 1. The molecule has 1 aliphatic heterocycles. The van der Waals surface area contributed by atoms with Gasteiger partial charge in [0.25, 0.3) is 0 Å². The Morgan fingerprint density at radius 2 is 2.20 bits per heavy atom. The molecule has 2 rings (SSSR count). The lowest BCUT2D eigenvalue weighted by atomic mass is 9.85. The molecule has 2 aliphatic rings. The van der Waals surface area contributed by atoms with Crippen molar-refractivity contribution in [2.45, 2.75) is 58.3 Å². The second kappa shape index (κ2) is 6.54. The number of hydrogen-bond donors (Lipinski definition) is 1. The molecule has 1 unspecified atom stereocenters. The number of allylic oxidation sites excluding steroid dienone is 4. The highest BCUT2D eigenvalue weighted by molar-refractivity contribution is 5.69. The van der Waals surface area contributed by atoms with Crippen molar-refractivity contribution in [3.05, 3.63) is 45.2 Å². The monoisotopic (exact) mass is 343 g/mol. The van der Waals surface area contributed by atoms with E-state index in [1.54, 1.807) is 46.8 Å². The Labute approximate surface area is 146 Å². The van der Waals surface area contributed by atoms with E-state index in [1.165, 1.54) is 0 Å². The van der Waals surface area contributed by atoms with Crippen LogP contribution < -0.4 is 5.32 Å². The van der Waals surface area contributed by atoms with Crippen molar-refractivity contribution in [2.24, 2.45) is 5.11 Å². The van der Waals surface area contributed by atoms with Crippen molar-refractivity contribution in [1.82, 2.24) is 5.32 Å². The van der Waals surface area contributed by atoms with Crippen molar-refractivity contribution in [3.8, 4) is 6.07 Å². The molecule has 1 atom stereocenters. The predicted octanol–water partition coefficient (Wildman–Crippen LogP) is 3.99. The number of nitrogens with zero attached hydrogens (tertiary/aromatic N) is 4. The van der Waals surface area contributed by atoms with Gasteiger partial charge in [0.15, 0.2) is 0 Å². The maximum atomic E-state index is 12.2. The lowest BCUT2D eigenvalue weighted by Crippen LogP contribution is -2.54. The highest BCUT2D eigenvalue weighted by Gasteiger charge is 2.43. The topological polar surface area (TPSA) is 120 Å². The number of alkyl carbamates (subject to hydrolysis) is 1. The van der Waals surface area contributed by atoms with E-state index in [1.807, 2.05) is 0 Å². The van der Waals surface area contributed by atoms with E-state index in [-0.39, 0.29) is 6.42 Å². The number of amides is 1. The first-order valence-electron chi connectivity index (χ1n) is 7.85. The molecular formula is C17H21N5O3. The fraction of sp³-hybridized carbons (Fsp3) is 0.529. The van der Waals surface area contributed by atoms with Crippen molar-refractivity contribution >= 4 is 6.09 Å². The van der Waals surface area contributed by atoms with Crippen molar-refractivity contribution < 1.29 is 14.3 Å². The molecule has 1 aliphatic carbocycles. The van der Waals surface area contributed by atoms with E-state index in [4.69, 9.17) is 20.3 Å². The molecule has 0 aromatic rings. The Morgan fingerprint density at radius 1 is 1.52 bits per heavy atom. The summed E-state index contributed by atoms with van der Waals surface area (Å²) in [4.78, 5) is 15.1. The van der Waals surface area contributed by atoms with E-state index in [2.05, 4.69) is 21.4 Å². The minimum atomic E-state index is -0.867. The summed E-state index contributed by atoms with van der Waals surface area (Å²) in [6.07, 6.45) is 2.99. The van der Waals surface area contributed by atoms with Gasteiger partial charge in [0.1, 0.15) is 17.0 Å². The van der Waals surface area contributed by atoms with Crippen LogP contribution in [-0.4, -0.2) is 23.3 Å². The quantitative estimate of drug-likeness (QED) is 0.463. The molecule has 25 heavy (non-hydrogen) atoms. The standard InChI is InChI=1S/C17H21N5O3/c1-16(2,3)25-15(23)20-14-13(21-22-19)11-8-10(9-18)6-7-12(11)24-17(14,4)5/h6-7,14H,8H2,1-5H3,(H,20,23). The molecule has 1 amide bonds. The summed E-state index contributed by atoms with van der Waals surface area (Å²) in [5, 5.41) is 15.7. The lowest BCUT2D eigenvalue weighted by molar-refractivity contribution is -0.00447. The Balaban J connectivity index is 2.45. The second-order valence-corrected chi connectivity index (χ2v) is 7.35. The first kappa shape index (κ1) is 18.4. The minimum Gasteiger partial charge on any atom is -0.485 e. The van der Waals surface area contributed by atoms with E-state index in [0.29, 0.717) is 22.6 Å². The van der Waals surface area contributed by atoms with Crippen LogP contribution in [0.2, 0.25) is 0 Å². The van der Waals surface area contributed by atoms with Crippen LogP contribution in [0.3, 0.4) is 0 Å². The predicted molar refractivity (Wildman–Crippen MR) is 90.9 cm³/mol. The van der Waals surface area contributed by atoms with Gasteiger partial charge in [0.05, 0.1) is 12.1 Å². The molecular weight excluding hydrogens is 322 g/mol. The number of azide groups is 1. The van der Waals surface area contributed by atoms with Gasteiger partial charge in [-0.2, -0.15) is 5.26 Å². The zero-order valence-corrected chi connectivity index (χ0v) is 15.0. The van der Waals surface area contributed by atoms with Gasteiger partial charge in [-0.15, -0.1) is 0 Å². The molecule has 0 aromatic heterocycles. The summed E-state index contributed by atoms with van der Waals surface area (Å²) in [6.45, 7) is 8.84. The van der Waals surface area contributed by atoms with Crippen molar-refractivity contribution in [2.75, 3.05) is 0 Å². The summed E-state index contributed by atoms with van der Waals surface area (Å²) in [6, 6.07) is 1.37. The van der Waals surface area contributed by atoms with Crippen LogP contribution in [0, 0.1) is 11.3 Å². The molecule has 8 heteroatoms. The third-order valence-electron chi connectivity index (χ3n) is 3.71. The molecule has 132 valence electrons. The number of carbonyl (C=O) groups is 1. The van der Waals surface area contributed by atoms with Gasteiger partial charge in [-0.05, 0) is 52.3 Å². The van der Waals surface area contributed by atoms with Crippen molar-refractivity contribution in [3.63, 3.8) is 0 Å². The van der Waals surface area contributed by atoms with Crippen molar-refractivity contribution in [1.29, 1.82) is 5.26 Å². The van der Waals surface area contributed by atoms with E-state index >= 15 is 0 Å². The molecule has 1 heterocycles. The number of carbonyl (C=O) groups excluding carboxylic acids is 1. The molecule has 0 bridgehead atoms. The SMILES string of the molecule is CC(C)(C)OC(=O)NC1C(N=[N+]=[N-])=C2CC(C#N)=CC=C2OC1(C)C. The zero-order chi connectivity index (χ0) is 18.8. The number of nitriles is 1. The Kier molecular flexibility index (Phi) is 4.82. The normalized spacial score (nSPS) is 21.5. The van der Waals surface area contributed by atoms with Gasteiger partial charge >= 0.3 is 6.09 Å². The summed E-state index contributed by atoms with van der Waals surface area (Å²) in [5.41, 5.74) is 8.89. The van der Waals surface area contributed by atoms with Gasteiger partial charge in [-0.25, -0.2) is 4.79 Å². The molecule has 0 fully saturated rings. The smallest absolute Gasteiger partial charge is 0.408 e. The summed E-state index contributed by atoms with van der Waals surface area (Å²) in [5.74, 6) is 0.536. The zero-order valence-electron chi connectivity index (χ0n) is 15.0. The van der Waals surface area contributed by atoms with Crippen LogP contribution in [0.25, 0.3) is 10.4 Å². The van der Waals surface area contributed by atoms with E-state index < -0.39 is 23.3 Å². The number of nitrogens with one attached hydrogen (secondary N) is 1. The van der Waals surface area contributed by atoms with Crippen LogP contribution in [0.15, 0.2) is 39.9 Å². The molecule has 8 nitrogen and oxygen atoms in total.